The van der Waals surface area contributed by atoms with Crippen LogP contribution in [0.4, 0.5) is 4.39 Å². The van der Waals surface area contributed by atoms with Gasteiger partial charge in [-0.3, -0.25) is 0 Å². The molecule has 0 aliphatic rings. The smallest absolute Gasteiger partial charge is 0.165 e. The van der Waals surface area contributed by atoms with E-state index in [9.17, 15) is 9.50 Å². The zero-order chi connectivity index (χ0) is 14.7. The van der Waals surface area contributed by atoms with Crippen LogP contribution in [0.5, 0.6) is 5.75 Å². The van der Waals surface area contributed by atoms with Crippen LogP contribution in [0.15, 0.2) is 36.4 Å². The van der Waals surface area contributed by atoms with Gasteiger partial charge in [0.15, 0.2) is 11.6 Å². The first kappa shape index (κ1) is 14.5. The van der Waals surface area contributed by atoms with E-state index in [1.807, 2.05) is 39.0 Å². The Balaban J connectivity index is 2.06. The molecule has 0 aromatic heterocycles. The molecule has 2 aromatic rings. The quantitative estimate of drug-likeness (QED) is 0.917. The van der Waals surface area contributed by atoms with Crippen molar-refractivity contribution >= 4 is 0 Å². The summed E-state index contributed by atoms with van der Waals surface area (Å²) in [6, 6.07) is 10.4. The summed E-state index contributed by atoms with van der Waals surface area (Å²) in [4.78, 5) is 0. The molecule has 2 rings (SSSR count). The van der Waals surface area contributed by atoms with E-state index < -0.39 is 11.9 Å². The van der Waals surface area contributed by atoms with Crippen molar-refractivity contribution in [3.05, 3.63) is 64.5 Å². The molecule has 1 unspecified atom stereocenters. The van der Waals surface area contributed by atoms with Crippen molar-refractivity contribution in [3.63, 3.8) is 0 Å². The van der Waals surface area contributed by atoms with Crippen LogP contribution in [0.2, 0.25) is 0 Å². The summed E-state index contributed by atoms with van der Waals surface area (Å²) in [7, 11) is 0. The summed E-state index contributed by atoms with van der Waals surface area (Å²) in [6.07, 6.45) is -0.769. The number of aryl methyl sites for hydroxylation is 3. The summed E-state index contributed by atoms with van der Waals surface area (Å²) >= 11 is 0. The lowest BCUT2D eigenvalue weighted by Crippen LogP contribution is -2.10. The molecule has 0 saturated carbocycles. The number of halogens is 1. The first-order valence-corrected chi connectivity index (χ1v) is 6.61. The number of aliphatic hydroxyl groups excluding tert-OH is 1. The van der Waals surface area contributed by atoms with Crippen molar-refractivity contribution in [3.8, 4) is 5.75 Å². The molecule has 1 N–H and O–H groups in total. The zero-order valence-electron chi connectivity index (χ0n) is 12.0. The Morgan fingerprint density at radius 1 is 1.05 bits per heavy atom. The van der Waals surface area contributed by atoms with E-state index in [1.165, 1.54) is 11.6 Å². The normalized spacial score (nSPS) is 12.2. The highest BCUT2D eigenvalue weighted by molar-refractivity contribution is 5.32. The Bertz CT molecular complexity index is 608. The number of benzene rings is 2. The molecule has 0 amide bonds. The third-order valence-electron chi connectivity index (χ3n) is 3.40. The Labute approximate surface area is 118 Å². The van der Waals surface area contributed by atoms with Crippen molar-refractivity contribution in [1.29, 1.82) is 0 Å². The number of ether oxygens (including phenoxy) is 1. The highest BCUT2D eigenvalue weighted by Gasteiger charge is 2.11. The largest absolute Gasteiger partial charge is 0.487 e. The molecule has 2 nitrogen and oxygen atoms in total. The van der Waals surface area contributed by atoms with Crippen LogP contribution < -0.4 is 4.74 Å². The SMILES string of the molecule is Cc1ccc(F)c(OCC(O)c2ccc(C)c(C)c2)c1. The first-order chi connectivity index (χ1) is 9.47. The summed E-state index contributed by atoms with van der Waals surface area (Å²) in [5.41, 5.74) is 3.98. The molecule has 0 fully saturated rings. The van der Waals surface area contributed by atoms with Gasteiger partial charge < -0.3 is 9.84 Å². The number of hydrogen-bond donors (Lipinski definition) is 1. The van der Waals surface area contributed by atoms with E-state index in [2.05, 4.69) is 0 Å². The van der Waals surface area contributed by atoms with Crippen molar-refractivity contribution in [2.75, 3.05) is 6.61 Å². The molecule has 0 aliphatic carbocycles. The Morgan fingerprint density at radius 2 is 1.80 bits per heavy atom. The van der Waals surface area contributed by atoms with Crippen LogP contribution in [0.25, 0.3) is 0 Å². The predicted molar refractivity (Wildman–Crippen MR) is 77.5 cm³/mol. The first-order valence-electron chi connectivity index (χ1n) is 6.61. The maximum absolute atomic E-state index is 13.5. The van der Waals surface area contributed by atoms with Gasteiger partial charge in [-0.05, 0) is 55.2 Å². The molecule has 0 heterocycles. The van der Waals surface area contributed by atoms with E-state index in [4.69, 9.17) is 4.74 Å². The van der Waals surface area contributed by atoms with Gasteiger partial charge >= 0.3 is 0 Å². The Morgan fingerprint density at radius 3 is 2.50 bits per heavy atom. The summed E-state index contributed by atoms with van der Waals surface area (Å²) in [5, 5.41) is 10.1. The maximum Gasteiger partial charge on any atom is 0.165 e. The lowest BCUT2D eigenvalue weighted by Gasteiger charge is -2.14. The summed E-state index contributed by atoms with van der Waals surface area (Å²) in [5.74, 6) is -0.240. The van der Waals surface area contributed by atoms with E-state index in [0.29, 0.717) is 0 Å². The van der Waals surface area contributed by atoms with E-state index in [1.54, 1.807) is 12.1 Å². The fourth-order valence-corrected chi connectivity index (χ4v) is 1.96. The highest BCUT2D eigenvalue weighted by atomic mass is 19.1. The summed E-state index contributed by atoms with van der Waals surface area (Å²) < 4.78 is 18.9. The fraction of sp³-hybridized carbons (Fsp3) is 0.294. The molecule has 2 aromatic carbocycles. The molecule has 20 heavy (non-hydrogen) atoms. The van der Waals surface area contributed by atoms with Crippen LogP contribution >= 0.6 is 0 Å². The Kier molecular flexibility index (Phi) is 4.40. The van der Waals surface area contributed by atoms with Gasteiger partial charge in [0.2, 0.25) is 0 Å². The predicted octanol–water partition coefficient (Wildman–Crippen LogP) is 3.86. The standard InChI is InChI=1S/C17H19FO2/c1-11-4-7-15(18)17(8-11)20-10-16(19)14-6-5-12(2)13(3)9-14/h4-9,16,19H,10H2,1-3H3. The molecule has 0 saturated heterocycles. The van der Waals surface area contributed by atoms with Crippen molar-refractivity contribution in [1.82, 2.24) is 0 Å². The van der Waals surface area contributed by atoms with Crippen LogP contribution in [0.1, 0.15) is 28.4 Å². The van der Waals surface area contributed by atoms with E-state index in [0.717, 1.165) is 16.7 Å². The van der Waals surface area contributed by atoms with Crippen molar-refractivity contribution < 1.29 is 14.2 Å². The maximum atomic E-state index is 13.5. The second-order valence-electron chi connectivity index (χ2n) is 5.10. The van der Waals surface area contributed by atoms with Crippen LogP contribution in [-0.2, 0) is 0 Å². The lowest BCUT2D eigenvalue weighted by molar-refractivity contribution is 0.106. The number of rotatable bonds is 4. The summed E-state index contributed by atoms with van der Waals surface area (Å²) in [6.45, 7) is 5.91. The van der Waals surface area contributed by atoms with Crippen LogP contribution in [0, 0.1) is 26.6 Å². The molecular formula is C17H19FO2. The third kappa shape index (κ3) is 3.36. The van der Waals surface area contributed by atoms with Gasteiger partial charge in [0.05, 0.1) is 0 Å². The molecular weight excluding hydrogens is 255 g/mol. The molecule has 0 bridgehead atoms. The van der Waals surface area contributed by atoms with E-state index in [-0.39, 0.29) is 12.4 Å². The van der Waals surface area contributed by atoms with Gasteiger partial charge in [-0.1, -0.05) is 24.3 Å². The number of aliphatic hydroxyl groups is 1. The van der Waals surface area contributed by atoms with Crippen molar-refractivity contribution in [2.45, 2.75) is 26.9 Å². The molecule has 0 spiro atoms. The monoisotopic (exact) mass is 274 g/mol. The molecule has 1 atom stereocenters. The van der Waals surface area contributed by atoms with E-state index >= 15 is 0 Å². The molecule has 3 heteroatoms. The topological polar surface area (TPSA) is 29.5 Å². The second-order valence-corrected chi connectivity index (χ2v) is 5.10. The van der Waals surface area contributed by atoms with Gasteiger partial charge in [0.1, 0.15) is 12.7 Å². The average Bonchev–Trinajstić information content (AvgIpc) is 2.42. The molecule has 0 radical (unpaired) electrons. The molecule has 106 valence electrons. The molecule has 0 aliphatic heterocycles. The van der Waals surface area contributed by atoms with Crippen LogP contribution in [0.3, 0.4) is 0 Å². The fourth-order valence-electron chi connectivity index (χ4n) is 1.96. The van der Waals surface area contributed by atoms with Gasteiger partial charge in [-0.15, -0.1) is 0 Å². The van der Waals surface area contributed by atoms with Gasteiger partial charge in [0.25, 0.3) is 0 Å². The van der Waals surface area contributed by atoms with Gasteiger partial charge in [-0.2, -0.15) is 0 Å². The highest BCUT2D eigenvalue weighted by Crippen LogP contribution is 2.22. The van der Waals surface area contributed by atoms with Gasteiger partial charge in [-0.25, -0.2) is 4.39 Å². The minimum atomic E-state index is -0.769. The minimum Gasteiger partial charge on any atom is -0.487 e. The number of hydrogen-bond acceptors (Lipinski definition) is 2. The zero-order valence-corrected chi connectivity index (χ0v) is 12.0. The third-order valence-corrected chi connectivity index (χ3v) is 3.40. The average molecular weight is 274 g/mol. The van der Waals surface area contributed by atoms with Crippen molar-refractivity contribution in [2.24, 2.45) is 0 Å². The van der Waals surface area contributed by atoms with Crippen LogP contribution in [-0.4, -0.2) is 11.7 Å². The lowest BCUT2D eigenvalue weighted by atomic mass is 10.0. The Hall–Kier alpha value is -1.87. The minimum absolute atomic E-state index is 0.0306. The van der Waals surface area contributed by atoms with Gasteiger partial charge in [0, 0.05) is 0 Å². The second kappa shape index (κ2) is 6.06.